The fourth-order valence-electron chi connectivity index (χ4n) is 2.30. The Labute approximate surface area is 135 Å². The van der Waals surface area contributed by atoms with Crippen LogP contribution in [0.15, 0.2) is 18.2 Å². The number of hydrogen-bond donors (Lipinski definition) is 1. The number of anilines is 1. The summed E-state index contributed by atoms with van der Waals surface area (Å²) < 4.78 is 51.3. The molecule has 1 aromatic rings. The molecule has 8 heteroatoms. The van der Waals surface area contributed by atoms with Crippen LogP contribution in [-0.2, 0) is 14.8 Å². The Kier molecular flexibility index (Phi) is 6.49. The maximum atomic E-state index is 13.4. The highest BCUT2D eigenvalue weighted by atomic mass is 32.2. The summed E-state index contributed by atoms with van der Waals surface area (Å²) in [6, 6.07) is 1.51. The van der Waals surface area contributed by atoms with E-state index < -0.39 is 33.6 Å². The largest absolute Gasteiger partial charge is 0.352 e. The van der Waals surface area contributed by atoms with Crippen LogP contribution < -0.4 is 9.62 Å². The molecule has 5 nitrogen and oxygen atoms in total. The number of hydrogen-bond acceptors (Lipinski definition) is 3. The number of nitrogens with zero attached hydrogens (tertiary/aromatic N) is 1. The van der Waals surface area contributed by atoms with Crippen LogP contribution in [0.4, 0.5) is 14.5 Å². The second kappa shape index (κ2) is 7.72. The van der Waals surface area contributed by atoms with E-state index in [1.807, 2.05) is 13.8 Å². The van der Waals surface area contributed by atoms with Crippen molar-refractivity contribution in [2.75, 3.05) is 10.6 Å². The maximum Gasteiger partial charge on any atom is 0.243 e. The quantitative estimate of drug-likeness (QED) is 0.823. The molecule has 0 bridgehead atoms. The van der Waals surface area contributed by atoms with Gasteiger partial charge >= 0.3 is 0 Å². The van der Waals surface area contributed by atoms with Gasteiger partial charge in [-0.25, -0.2) is 17.2 Å². The molecule has 1 aromatic carbocycles. The molecule has 23 heavy (non-hydrogen) atoms. The molecule has 0 aromatic heterocycles. The van der Waals surface area contributed by atoms with E-state index in [0.717, 1.165) is 41.6 Å². The molecule has 0 spiro atoms. The summed E-state index contributed by atoms with van der Waals surface area (Å²) in [5.74, 6) is -2.76. The first kappa shape index (κ1) is 19.3. The number of carbonyl (C=O) groups excluding carboxylic acids is 1. The van der Waals surface area contributed by atoms with Gasteiger partial charge < -0.3 is 5.32 Å². The van der Waals surface area contributed by atoms with E-state index >= 15 is 0 Å². The van der Waals surface area contributed by atoms with Crippen molar-refractivity contribution in [1.29, 1.82) is 0 Å². The molecule has 0 aliphatic carbocycles. The first-order valence-electron chi connectivity index (χ1n) is 7.32. The van der Waals surface area contributed by atoms with Gasteiger partial charge in [0.05, 0.1) is 11.9 Å². The number of rotatable bonds is 7. The summed E-state index contributed by atoms with van der Waals surface area (Å²) in [5, 5.41) is 2.72. The van der Waals surface area contributed by atoms with E-state index in [1.54, 1.807) is 0 Å². The SMILES string of the molecule is CCC[C@H](C)NC(=O)[C@H](C)N(c1ccc(F)c(F)c1)S(C)(=O)=O. The number of sulfonamides is 1. The summed E-state index contributed by atoms with van der Waals surface area (Å²) in [4.78, 5) is 12.3. The van der Waals surface area contributed by atoms with Gasteiger partial charge in [0, 0.05) is 12.1 Å². The van der Waals surface area contributed by atoms with Gasteiger partial charge in [-0.3, -0.25) is 9.10 Å². The number of carbonyl (C=O) groups is 1. The topological polar surface area (TPSA) is 66.5 Å². The number of amides is 1. The van der Waals surface area contributed by atoms with E-state index in [4.69, 9.17) is 0 Å². The smallest absolute Gasteiger partial charge is 0.243 e. The van der Waals surface area contributed by atoms with Gasteiger partial charge in [0.1, 0.15) is 6.04 Å². The van der Waals surface area contributed by atoms with Crippen LogP contribution in [0, 0.1) is 11.6 Å². The lowest BCUT2D eigenvalue weighted by Crippen LogP contribution is -2.49. The van der Waals surface area contributed by atoms with Crippen molar-refractivity contribution in [2.45, 2.75) is 45.7 Å². The molecule has 130 valence electrons. The van der Waals surface area contributed by atoms with Gasteiger partial charge in [0.2, 0.25) is 15.9 Å². The van der Waals surface area contributed by atoms with E-state index in [0.29, 0.717) is 0 Å². The highest BCUT2D eigenvalue weighted by Crippen LogP contribution is 2.23. The molecule has 0 unspecified atom stereocenters. The first-order chi connectivity index (χ1) is 10.6. The van der Waals surface area contributed by atoms with Crippen LogP contribution in [0.25, 0.3) is 0 Å². The lowest BCUT2D eigenvalue weighted by Gasteiger charge is -2.29. The average molecular weight is 348 g/mol. The molecule has 0 radical (unpaired) electrons. The van der Waals surface area contributed by atoms with Crippen molar-refractivity contribution in [3.05, 3.63) is 29.8 Å². The van der Waals surface area contributed by atoms with Crippen molar-refractivity contribution < 1.29 is 22.0 Å². The Morgan fingerprint density at radius 3 is 2.35 bits per heavy atom. The minimum atomic E-state index is -3.86. The highest BCUT2D eigenvalue weighted by Gasteiger charge is 2.30. The van der Waals surface area contributed by atoms with Crippen molar-refractivity contribution >= 4 is 21.6 Å². The Balaban J connectivity index is 3.12. The normalized spacial score (nSPS) is 14.2. The summed E-state index contributed by atoms with van der Waals surface area (Å²) >= 11 is 0. The van der Waals surface area contributed by atoms with Gasteiger partial charge in [-0.1, -0.05) is 13.3 Å². The summed E-state index contributed by atoms with van der Waals surface area (Å²) in [6.45, 7) is 5.18. The molecule has 1 N–H and O–H groups in total. The Bertz CT molecular complexity index is 665. The van der Waals surface area contributed by atoms with Gasteiger partial charge in [-0.05, 0) is 32.4 Å². The van der Waals surface area contributed by atoms with E-state index in [1.165, 1.54) is 6.92 Å². The van der Waals surface area contributed by atoms with E-state index in [2.05, 4.69) is 5.32 Å². The van der Waals surface area contributed by atoms with Crippen LogP contribution in [0.5, 0.6) is 0 Å². The lowest BCUT2D eigenvalue weighted by atomic mass is 10.2. The molecular formula is C15H22F2N2O3S. The molecule has 0 aliphatic heterocycles. The molecular weight excluding hydrogens is 326 g/mol. The number of nitrogens with one attached hydrogen (secondary N) is 1. The molecule has 0 heterocycles. The second-order valence-corrected chi connectivity index (χ2v) is 7.39. The predicted octanol–water partition coefficient (Wildman–Crippen LogP) is 2.42. The summed E-state index contributed by atoms with van der Waals surface area (Å²) in [5.41, 5.74) is -0.0998. The van der Waals surface area contributed by atoms with Crippen molar-refractivity contribution in [1.82, 2.24) is 5.32 Å². The minimum Gasteiger partial charge on any atom is -0.352 e. The van der Waals surface area contributed by atoms with Crippen LogP contribution in [0.2, 0.25) is 0 Å². The van der Waals surface area contributed by atoms with Gasteiger partial charge in [-0.2, -0.15) is 0 Å². The Hall–Kier alpha value is -1.70. The molecule has 0 saturated heterocycles. The molecule has 2 atom stereocenters. The van der Waals surface area contributed by atoms with Crippen molar-refractivity contribution in [3.63, 3.8) is 0 Å². The maximum absolute atomic E-state index is 13.4. The standard InChI is InChI=1S/C15H22F2N2O3S/c1-5-6-10(2)18-15(20)11(3)19(23(4,21)22)12-7-8-13(16)14(17)9-12/h7-11H,5-6H2,1-4H3,(H,18,20)/t10-,11-/m0/s1. The van der Waals surface area contributed by atoms with E-state index in [-0.39, 0.29) is 11.7 Å². The third-order valence-electron chi connectivity index (χ3n) is 3.36. The summed E-state index contributed by atoms with van der Waals surface area (Å²) in [6.07, 6.45) is 2.53. The van der Waals surface area contributed by atoms with Gasteiger partial charge in [-0.15, -0.1) is 0 Å². The summed E-state index contributed by atoms with van der Waals surface area (Å²) in [7, 11) is -3.86. The van der Waals surface area contributed by atoms with Crippen LogP contribution >= 0.6 is 0 Å². The minimum absolute atomic E-state index is 0.0998. The zero-order chi connectivity index (χ0) is 17.8. The fraction of sp³-hybridized carbons (Fsp3) is 0.533. The molecule has 0 fully saturated rings. The average Bonchev–Trinajstić information content (AvgIpc) is 2.41. The van der Waals surface area contributed by atoms with Crippen molar-refractivity contribution in [2.24, 2.45) is 0 Å². The third kappa shape index (κ3) is 5.16. The van der Waals surface area contributed by atoms with Crippen LogP contribution in [0.3, 0.4) is 0 Å². The fourth-order valence-corrected chi connectivity index (χ4v) is 3.47. The molecule has 1 amide bonds. The van der Waals surface area contributed by atoms with Crippen LogP contribution in [0.1, 0.15) is 33.6 Å². The predicted molar refractivity (Wildman–Crippen MR) is 85.7 cm³/mol. The van der Waals surface area contributed by atoms with Crippen molar-refractivity contribution in [3.8, 4) is 0 Å². The molecule has 0 saturated carbocycles. The molecule has 1 rings (SSSR count). The second-order valence-electron chi connectivity index (χ2n) is 5.53. The van der Waals surface area contributed by atoms with E-state index in [9.17, 15) is 22.0 Å². The molecule has 0 aliphatic rings. The zero-order valence-electron chi connectivity index (χ0n) is 13.6. The highest BCUT2D eigenvalue weighted by molar-refractivity contribution is 7.92. The van der Waals surface area contributed by atoms with Gasteiger partial charge in [0.25, 0.3) is 0 Å². The van der Waals surface area contributed by atoms with Crippen LogP contribution in [-0.4, -0.2) is 32.7 Å². The van der Waals surface area contributed by atoms with Gasteiger partial charge in [0.15, 0.2) is 11.6 Å². The zero-order valence-corrected chi connectivity index (χ0v) is 14.5. The number of benzene rings is 1. The monoisotopic (exact) mass is 348 g/mol. The first-order valence-corrected chi connectivity index (χ1v) is 9.17. The Morgan fingerprint density at radius 2 is 1.87 bits per heavy atom. The lowest BCUT2D eigenvalue weighted by molar-refractivity contribution is -0.122. The Morgan fingerprint density at radius 1 is 1.26 bits per heavy atom. The number of halogens is 2. The third-order valence-corrected chi connectivity index (χ3v) is 4.60.